The zero-order valence-electron chi connectivity index (χ0n) is 17.3. The maximum Gasteiger partial charge on any atom is 0.296 e. The van der Waals surface area contributed by atoms with E-state index < -0.39 is 11.9 Å². The number of benzene rings is 2. The van der Waals surface area contributed by atoms with E-state index in [9.17, 15) is 9.59 Å². The van der Waals surface area contributed by atoms with E-state index in [1.54, 1.807) is 30.3 Å². The minimum Gasteiger partial charge on any atom is -0.450 e. The topological polar surface area (TPSA) is 63.4 Å². The fourth-order valence-corrected chi connectivity index (χ4v) is 4.54. The molecule has 160 valence electrons. The van der Waals surface area contributed by atoms with Crippen LogP contribution in [0, 0.1) is 0 Å². The molecule has 5 nitrogen and oxygen atoms in total. The molecule has 32 heavy (non-hydrogen) atoms. The van der Waals surface area contributed by atoms with E-state index in [1.165, 1.54) is 16.7 Å². The van der Waals surface area contributed by atoms with Crippen molar-refractivity contribution in [2.75, 3.05) is 4.90 Å². The number of anilines is 1. The van der Waals surface area contributed by atoms with Crippen LogP contribution in [0.2, 0.25) is 5.02 Å². The highest BCUT2D eigenvalue weighted by Crippen LogP contribution is 2.41. The van der Waals surface area contributed by atoms with Crippen molar-refractivity contribution < 1.29 is 9.21 Å². The average molecular weight is 510 g/mol. The highest BCUT2D eigenvalue weighted by atomic mass is 79.9. The van der Waals surface area contributed by atoms with Gasteiger partial charge in [0.1, 0.15) is 11.4 Å². The summed E-state index contributed by atoms with van der Waals surface area (Å²) in [5.74, 6) is 0.393. The Morgan fingerprint density at radius 3 is 2.47 bits per heavy atom. The van der Waals surface area contributed by atoms with Crippen molar-refractivity contribution in [1.82, 2.24) is 4.98 Å². The number of fused-ring (bicyclic) bond motifs is 2. The maximum absolute atomic E-state index is 13.6. The lowest BCUT2D eigenvalue weighted by atomic mass is 9.95. The zero-order chi connectivity index (χ0) is 22.6. The van der Waals surface area contributed by atoms with Crippen molar-refractivity contribution in [2.45, 2.75) is 25.8 Å². The monoisotopic (exact) mass is 508 g/mol. The molecule has 0 radical (unpaired) electrons. The van der Waals surface area contributed by atoms with Crippen LogP contribution >= 0.6 is 27.5 Å². The molecule has 0 spiro atoms. The van der Waals surface area contributed by atoms with Gasteiger partial charge in [0.25, 0.3) is 5.91 Å². The third kappa shape index (κ3) is 3.34. The van der Waals surface area contributed by atoms with Gasteiger partial charge in [0.05, 0.1) is 22.0 Å². The summed E-state index contributed by atoms with van der Waals surface area (Å²) >= 11 is 9.43. The van der Waals surface area contributed by atoms with Crippen LogP contribution in [0.4, 0.5) is 5.82 Å². The number of aromatic nitrogens is 1. The van der Waals surface area contributed by atoms with Crippen molar-refractivity contribution in [2.24, 2.45) is 0 Å². The van der Waals surface area contributed by atoms with Crippen molar-refractivity contribution >= 4 is 50.2 Å². The Labute approximate surface area is 197 Å². The highest BCUT2D eigenvalue weighted by Gasteiger charge is 2.44. The van der Waals surface area contributed by atoms with Gasteiger partial charge in [-0.25, -0.2) is 4.98 Å². The van der Waals surface area contributed by atoms with Crippen LogP contribution < -0.4 is 10.3 Å². The van der Waals surface area contributed by atoms with E-state index in [0.717, 1.165) is 10.0 Å². The number of halogens is 2. The summed E-state index contributed by atoms with van der Waals surface area (Å²) < 4.78 is 6.74. The summed E-state index contributed by atoms with van der Waals surface area (Å²) in [6.07, 6.45) is 1.48. The molecule has 4 aromatic rings. The van der Waals surface area contributed by atoms with Gasteiger partial charge in [-0.1, -0.05) is 65.6 Å². The van der Waals surface area contributed by atoms with Crippen LogP contribution in [-0.4, -0.2) is 10.9 Å². The summed E-state index contributed by atoms with van der Waals surface area (Å²) in [6.45, 7) is 4.23. The van der Waals surface area contributed by atoms with E-state index in [4.69, 9.17) is 16.0 Å². The van der Waals surface area contributed by atoms with Crippen LogP contribution in [0.1, 0.15) is 53.1 Å². The molecule has 1 amide bonds. The van der Waals surface area contributed by atoms with Crippen molar-refractivity contribution in [3.8, 4) is 0 Å². The smallest absolute Gasteiger partial charge is 0.296 e. The SMILES string of the molecule is CC(C)c1ccc(C2c3c(oc4ccc(Br)cc4c3=O)C(=O)N2c2ccc(Cl)cn2)cc1. The quantitative estimate of drug-likeness (QED) is 0.317. The lowest BCUT2D eigenvalue weighted by Gasteiger charge is -2.24. The largest absolute Gasteiger partial charge is 0.450 e. The Morgan fingerprint density at radius 1 is 1.06 bits per heavy atom. The molecule has 1 unspecified atom stereocenters. The van der Waals surface area contributed by atoms with E-state index in [0.29, 0.717) is 33.3 Å². The van der Waals surface area contributed by atoms with Gasteiger partial charge in [-0.3, -0.25) is 14.5 Å². The summed E-state index contributed by atoms with van der Waals surface area (Å²) in [6, 6.07) is 15.8. The van der Waals surface area contributed by atoms with Gasteiger partial charge in [0.15, 0.2) is 5.43 Å². The maximum atomic E-state index is 13.6. The molecule has 0 bridgehead atoms. The molecular weight excluding hydrogens is 492 g/mol. The van der Waals surface area contributed by atoms with Gasteiger partial charge >= 0.3 is 0 Å². The van der Waals surface area contributed by atoms with Gasteiger partial charge in [-0.05, 0) is 47.4 Å². The molecule has 0 aliphatic carbocycles. The van der Waals surface area contributed by atoms with E-state index in [-0.39, 0.29) is 11.2 Å². The molecule has 3 heterocycles. The summed E-state index contributed by atoms with van der Waals surface area (Å²) in [4.78, 5) is 33.0. The minimum absolute atomic E-state index is 0.0412. The van der Waals surface area contributed by atoms with Crippen LogP contribution in [0.15, 0.2) is 74.5 Å². The van der Waals surface area contributed by atoms with Gasteiger partial charge in [0.2, 0.25) is 5.76 Å². The van der Waals surface area contributed by atoms with Crippen molar-refractivity contribution in [3.63, 3.8) is 0 Å². The number of pyridine rings is 1. The van der Waals surface area contributed by atoms with Crippen LogP contribution in [0.25, 0.3) is 11.0 Å². The third-order valence-electron chi connectivity index (χ3n) is 5.71. The second kappa shape index (κ2) is 7.87. The molecule has 0 saturated carbocycles. The molecule has 2 aromatic carbocycles. The lowest BCUT2D eigenvalue weighted by molar-refractivity contribution is 0.0970. The molecule has 1 aliphatic rings. The first-order valence-electron chi connectivity index (χ1n) is 10.2. The van der Waals surface area contributed by atoms with Crippen LogP contribution in [-0.2, 0) is 0 Å². The number of hydrogen-bond acceptors (Lipinski definition) is 4. The molecule has 0 fully saturated rings. The Balaban J connectivity index is 1.78. The Morgan fingerprint density at radius 2 is 1.81 bits per heavy atom. The summed E-state index contributed by atoms with van der Waals surface area (Å²) in [5.41, 5.74) is 2.42. The first kappa shape index (κ1) is 20.9. The predicted molar refractivity (Wildman–Crippen MR) is 129 cm³/mol. The van der Waals surface area contributed by atoms with E-state index >= 15 is 0 Å². The molecule has 0 saturated heterocycles. The second-order valence-electron chi connectivity index (χ2n) is 8.05. The number of hydrogen-bond donors (Lipinski definition) is 0. The number of rotatable bonds is 3. The number of carbonyl (C=O) groups excluding carboxylic acids is 1. The van der Waals surface area contributed by atoms with E-state index in [2.05, 4.69) is 34.8 Å². The standard InChI is InChI=1S/C25H18BrClN2O3/c1-13(2)14-3-5-15(6-4-14)22-21-23(30)18-11-16(26)7-9-19(18)32-24(21)25(31)29(22)20-10-8-17(27)12-28-20/h3-13,22H,1-2H3. The number of amides is 1. The minimum atomic E-state index is -0.660. The first-order valence-corrected chi connectivity index (χ1v) is 11.3. The first-order chi connectivity index (χ1) is 15.3. The van der Waals surface area contributed by atoms with Gasteiger partial charge in [-0.15, -0.1) is 0 Å². The number of nitrogens with zero attached hydrogens (tertiary/aromatic N) is 2. The van der Waals surface area contributed by atoms with Gasteiger partial charge in [0, 0.05) is 10.7 Å². The Hall–Kier alpha value is -2.96. The molecule has 0 N–H and O–H groups in total. The fraction of sp³-hybridized carbons (Fsp3) is 0.160. The number of carbonyl (C=O) groups is 1. The van der Waals surface area contributed by atoms with Gasteiger partial charge in [-0.2, -0.15) is 0 Å². The van der Waals surface area contributed by atoms with Crippen LogP contribution in [0.3, 0.4) is 0 Å². The fourth-order valence-electron chi connectivity index (χ4n) is 4.07. The predicted octanol–water partition coefficient (Wildman–Crippen LogP) is 6.48. The van der Waals surface area contributed by atoms with Crippen LogP contribution in [0.5, 0.6) is 0 Å². The molecular formula is C25H18BrClN2O3. The summed E-state index contributed by atoms with van der Waals surface area (Å²) in [5, 5.41) is 0.876. The zero-order valence-corrected chi connectivity index (χ0v) is 19.6. The third-order valence-corrected chi connectivity index (χ3v) is 6.43. The molecule has 1 atom stereocenters. The molecule has 1 aliphatic heterocycles. The van der Waals surface area contributed by atoms with E-state index in [1.807, 2.05) is 24.3 Å². The highest BCUT2D eigenvalue weighted by molar-refractivity contribution is 9.10. The lowest BCUT2D eigenvalue weighted by Crippen LogP contribution is -2.30. The van der Waals surface area contributed by atoms with Crippen molar-refractivity contribution in [1.29, 1.82) is 0 Å². The second-order valence-corrected chi connectivity index (χ2v) is 9.40. The Kier molecular flexibility index (Phi) is 5.14. The average Bonchev–Trinajstić information content (AvgIpc) is 3.07. The molecule has 7 heteroatoms. The normalized spacial score (nSPS) is 15.6. The molecule has 2 aromatic heterocycles. The molecule has 5 rings (SSSR count). The Bertz CT molecular complexity index is 1410. The van der Waals surface area contributed by atoms with Gasteiger partial charge < -0.3 is 4.42 Å². The summed E-state index contributed by atoms with van der Waals surface area (Å²) in [7, 11) is 0. The van der Waals surface area contributed by atoms with Crippen molar-refractivity contribution in [3.05, 3.63) is 103 Å².